The molecule has 0 bridgehead atoms. The van der Waals surface area contributed by atoms with Crippen molar-refractivity contribution in [2.45, 2.75) is 26.7 Å². The lowest BCUT2D eigenvalue weighted by Gasteiger charge is -2.11. The minimum absolute atomic E-state index is 0.0804. The van der Waals surface area contributed by atoms with E-state index in [9.17, 15) is 14.4 Å². The third-order valence-electron chi connectivity index (χ3n) is 4.66. The van der Waals surface area contributed by atoms with E-state index in [0.29, 0.717) is 33.3 Å². The number of hydrogen-bond acceptors (Lipinski definition) is 5. The summed E-state index contributed by atoms with van der Waals surface area (Å²) in [4.78, 5) is 35.9. The van der Waals surface area contributed by atoms with E-state index in [-0.39, 0.29) is 24.7 Å². The fourth-order valence-electron chi connectivity index (χ4n) is 3.14. The van der Waals surface area contributed by atoms with Crippen LogP contribution in [0.15, 0.2) is 45.6 Å². The number of rotatable bonds is 6. The van der Waals surface area contributed by atoms with Gasteiger partial charge in [0.2, 0.25) is 11.8 Å². The largest absolute Gasteiger partial charge is 0.497 e. The van der Waals surface area contributed by atoms with Gasteiger partial charge in [0, 0.05) is 36.0 Å². The van der Waals surface area contributed by atoms with Crippen LogP contribution in [0.1, 0.15) is 24.5 Å². The van der Waals surface area contributed by atoms with Crippen LogP contribution in [0.5, 0.6) is 5.75 Å². The molecule has 0 aliphatic carbocycles. The van der Waals surface area contributed by atoms with Crippen LogP contribution >= 0.6 is 11.6 Å². The van der Waals surface area contributed by atoms with Gasteiger partial charge in [0.05, 0.1) is 17.8 Å². The molecule has 3 rings (SSSR count). The van der Waals surface area contributed by atoms with Crippen LogP contribution in [-0.2, 0) is 16.0 Å². The van der Waals surface area contributed by atoms with Crippen molar-refractivity contribution in [3.8, 4) is 5.75 Å². The van der Waals surface area contributed by atoms with Crippen molar-refractivity contribution in [1.82, 2.24) is 0 Å². The summed E-state index contributed by atoms with van der Waals surface area (Å²) in [6.07, 6.45) is 0.306. The number of benzene rings is 2. The summed E-state index contributed by atoms with van der Waals surface area (Å²) in [5, 5.41) is 6.43. The van der Waals surface area contributed by atoms with E-state index in [4.69, 9.17) is 20.8 Å². The summed E-state index contributed by atoms with van der Waals surface area (Å²) in [5.74, 6) is 0.0854. The third kappa shape index (κ3) is 4.80. The number of anilines is 2. The predicted octanol–water partition coefficient (Wildman–Crippen LogP) is 4.29. The third-order valence-corrected chi connectivity index (χ3v) is 4.97. The Morgan fingerprint density at radius 1 is 1.13 bits per heavy atom. The first kappa shape index (κ1) is 21.4. The van der Waals surface area contributed by atoms with Gasteiger partial charge in [-0.1, -0.05) is 11.6 Å². The van der Waals surface area contributed by atoms with E-state index < -0.39 is 5.63 Å². The summed E-state index contributed by atoms with van der Waals surface area (Å²) in [6.45, 7) is 3.22. The van der Waals surface area contributed by atoms with E-state index in [1.165, 1.54) is 6.92 Å². The van der Waals surface area contributed by atoms with Gasteiger partial charge in [-0.05, 0) is 49.2 Å². The molecule has 0 fully saturated rings. The van der Waals surface area contributed by atoms with Gasteiger partial charge in [-0.2, -0.15) is 0 Å². The zero-order valence-electron chi connectivity index (χ0n) is 16.8. The van der Waals surface area contributed by atoms with Gasteiger partial charge in [0.15, 0.2) is 0 Å². The van der Waals surface area contributed by atoms with Gasteiger partial charge < -0.3 is 19.8 Å². The first-order valence-electron chi connectivity index (χ1n) is 9.26. The molecule has 0 radical (unpaired) electrons. The number of ether oxygens (including phenoxy) is 1. The Morgan fingerprint density at radius 3 is 2.57 bits per heavy atom. The van der Waals surface area contributed by atoms with Crippen LogP contribution in [0.3, 0.4) is 0 Å². The number of hydrogen-bond donors (Lipinski definition) is 2. The molecule has 156 valence electrons. The molecule has 1 aromatic heterocycles. The summed E-state index contributed by atoms with van der Waals surface area (Å²) >= 11 is 6.17. The smallest absolute Gasteiger partial charge is 0.339 e. The quantitative estimate of drug-likeness (QED) is 0.570. The van der Waals surface area contributed by atoms with Crippen LogP contribution in [0.25, 0.3) is 11.0 Å². The second-order valence-electron chi connectivity index (χ2n) is 6.78. The predicted molar refractivity (Wildman–Crippen MR) is 116 cm³/mol. The molecule has 30 heavy (non-hydrogen) atoms. The monoisotopic (exact) mass is 428 g/mol. The lowest BCUT2D eigenvalue weighted by Crippen LogP contribution is -2.17. The number of amides is 2. The summed E-state index contributed by atoms with van der Waals surface area (Å²) in [6, 6.07) is 10.1. The Balaban J connectivity index is 1.72. The molecular formula is C22H21ClN2O5. The van der Waals surface area contributed by atoms with Crippen molar-refractivity contribution >= 4 is 45.8 Å². The number of fused-ring (bicyclic) bond motifs is 1. The highest BCUT2D eigenvalue weighted by molar-refractivity contribution is 6.34. The van der Waals surface area contributed by atoms with Crippen molar-refractivity contribution in [3.63, 3.8) is 0 Å². The Kier molecular flexibility index (Phi) is 6.42. The fraction of sp³-hybridized carbons (Fsp3) is 0.227. The lowest BCUT2D eigenvalue weighted by atomic mass is 10.0. The topological polar surface area (TPSA) is 97.6 Å². The fourth-order valence-corrected chi connectivity index (χ4v) is 3.37. The molecule has 3 aromatic rings. The molecule has 2 aromatic carbocycles. The zero-order chi connectivity index (χ0) is 21.8. The number of halogens is 1. The highest BCUT2D eigenvalue weighted by Gasteiger charge is 2.14. The van der Waals surface area contributed by atoms with Gasteiger partial charge >= 0.3 is 5.63 Å². The average Bonchev–Trinajstić information content (AvgIpc) is 2.69. The van der Waals surface area contributed by atoms with Gasteiger partial charge in [0.25, 0.3) is 0 Å². The second-order valence-corrected chi connectivity index (χ2v) is 7.19. The Hall–Kier alpha value is -3.32. The van der Waals surface area contributed by atoms with Crippen molar-refractivity contribution in [3.05, 3.63) is 63.0 Å². The molecule has 0 saturated carbocycles. The zero-order valence-corrected chi connectivity index (χ0v) is 17.6. The minimum atomic E-state index is -0.473. The molecular weight excluding hydrogens is 408 g/mol. The number of nitrogens with one attached hydrogen (secondary N) is 2. The maximum atomic E-state index is 12.4. The highest BCUT2D eigenvalue weighted by Crippen LogP contribution is 2.27. The standard InChI is InChI=1S/C22H21ClN2O5/c1-12-16-6-5-15(29-3)11-20(16)30-22(28)17(12)7-9-21(27)25-19-8-4-14(10-18(19)23)24-13(2)26/h4-6,8,10-11H,7,9H2,1-3H3,(H,24,26)(H,25,27). The summed E-state index contributed by atoms with van der Waals surface area (Å²) in [7, 11) is 1.54. The highest BCUT2D eigenvalue weighted by atomic mass is 35.5. The maximum absolute atomic E-state index is 12.4. The SMILES string of the molecule is COc1ccc2c(C)c(CCC(=O)Nc3ccc(NC(C)=O)cc3Cl)c(=O)oc2c1. The maximum Gasteiger partial charge on any atom is 0.339 e. The molecule has 0 spiro atoms. The molecule has 0 unspecified atom stereocenters. The van der Waals surface area contributed by atoms with Crippen molar-refractivity contribution in [2.75, 3.05) is 17.7 Å². The molecule has 7 nitrogen and oxygen atoms in total. The van der Waals surface area contributed by atoms with E-state index in [1.54, 1.807) is 37.4 Å². The van der Waals surface area contributed by atoms with Crippen LogP contribution in [0, 0.1) is 6.92 Å². The van der Waals surface area contributed by atoms with Crippen LogP contribution < -0.4 is 21.0 Å². The Labute approximate surface area is 178 Å². The molecule has 2 amide bonds. The number of aryl methyl sites for hydroxylation is 1. The number of methoxy groups -OCH3 is 1. The van der Waals surface area contributed by atoms with Crippen molar-refractivity contribution in [2.24, 2.45) is 0 Å². The van der Waals surface area contributed by atoms with Crippen molar-refractivity contribution in [1.29, 1.82) is 0 Å². The van der Waals surface area contributed by atoms with E-state index in [2.05, 4.69) is 10.6 Å². The number of carbonyl (C=O) groups excluding carboxylic acids is 2. The second kappa shape index (κ2) is 9.00. The minimum Gasteiger partial charge on any atom is -0.497 e. The van der Waals surface area contributed by atoms with E-state index >= 15 is 0 Å². The van der Waals surface area contributed by atoms with E-state index in [0.717, 1.165) is 10.9 Å². The van der Waals surface area contributed by atoms with Gasteiger partial charge in [0.1, 0.15) is 11.3 Å². The van der Waals surface area contributed by atoms with E-state index in [1.807, 2.05) is 13.0 Å². The van der Waals surface area contributed by atoms with Crippen LogP contribution in [0.4, 0.5) is 11.4 Å². The molecule has 8 heteroatoms. The van der Waals surface area contributed by atoms with Gasteiger partial charge in [-0.25, -0.2) is 4.79 Å². The van der Waals surface area contributed by atoms with Crippen LogP contribution in [-0.4, -0.2) is 18.9 Å². The molecule has 2 N–H and O–H groups in total. The molecule has 1 heterocycles. The average molecular weight is 429 g/mol. The molecule has 0 aliphatic rings. The first-order chi connectivity index (χ1) is 14.3. The Bertz CT molecular complexity index is 1190. The number of carbonyl (C=O) groups is 2. The molecule has 0 saturated heterocycles. The van der Waals surface area contributed by atoms with Gasteiger partial charge in [-0.3, -0.25) is 9.59 Å². The lowest BCUT2D eigenvalue weighted by molar-refractivity contribution is -0.116. The normalized spacial score (nSPS) is 10.7. The first-order valence-corrected chi connectivity index (χ1v) is 9.63. The van der Waals surface area contributed by atoms with Gasteiger partial charge in [-0.15, -0.1) is 0 Å². The summed E-state index contributed by atoms with van der Waals surface area (Å²) in [5.41, 5.74) is 2.15. The molecule has 0 atom stereocenters. The Morgan fingerprint density at radius 2 is 1.90 bits per heavy atom. The van der Waals surface area contributed by atoms with Crippen molar-refractivity contribution < 1.29 is 18.7 Å². The summed E-state index contributed by atoms with van der Waals surface area (Å²) < 4.78 is 10.6. The van der Waals surface area contributed by atoms with Crippen LogP contribution in [0.2, 0.25) is 5.02 Å². The molecule has 0 aliphatic heterocycles.